The van der Waals surface area contributed by atoms with Crippen LogP contribution in [0.1, 0.15) is 25.0 Å². The summed E-state index contributed by atoms with van der Waals surface area (Å²) in [5, 5.41) is 7.70. The molecule has 0 aliphatic carbocycles. The van der Waals surface area contributed by atoms with Crippen molar-refractivity contribution >= 4 is 17.8 Å². The van der Waals surface area contributed by atoms with E-state index < -0.39 is 0 Å². The van der Waals surface area contributed by atoms with Gasteiger partial charge < -0.3 is 10.2 Å². The van der Waals surface area contributed by atoms with Crippen molar-refractivity contribution < 1.29 is 4.79 Å². The number of aromatic nitrogens is 3. The second-order valence-electron chi connectivity index (χ2n) is 6.03. The lowest BCUT2D eigenvalue weighted by molar-refractivity contribution is 0.180. The van der Waals surface area contributed by atoms with E-state index in [-0.39, 0.29) is 12.1 Å². The molecule has 0 radical (unpaired) electrons. The Hall–Kier alpha value is -2.02. The summed E-state index contributed by atoms with van der Waals surface area (Å²) < 4.78 is 1.78. The van der Waals surface area contributed by atoms with Crippen LogP contribution in [0.2, 0.25) is 0 Å². The van der Waals surface area contributed by atoms with Gasteiger partial charge in [0.15, 0.2) is 0 Å². The zero-order valence-electron chi connectivity index (χ0n) is 14.1. The Morgan fingerprint density at radius 3 is 2.88 bits per heavy atom. The number of nitrogens with one attached hydrogen (secondary N) is 1. The summed E-state index contributed by atoms with van der Waals surface area (Å²) in [5.74, 6) is 1.00. The SMILES string of the molecule is C[C@@H]1SCCN(C(=O)NCc2ccccc2Cn2cncn2)[C@@H]1C. The van der Waals surface area contributed by atoms with Gasteiger partial charge in [-0.25, -0.2) is 14.5 Å². The molecule has 2 aromatic rings. The molecule has 1 saturated heterocycles. The molecule has 0 saturated carbocycles. The topological polar surface area (TPSA) is 63.1 Å². The minimum atomic E-state index is 0.0187. The third-order valence-corrected chi connectivity index (χ3v) is 5.83. The van der Waals surface area contributed by atoms with Gasteiger partial charge in [-0.3, -0.25) is 0 Å². The van der Waals surface area contributed by atoms with Crippen LogP contribution in [0.3, 0.4) is 0 Å². The van der Waals surface area contributed by atoms with Crippen molar-refractivity contribution in [1.82, 2.24) is 25.0 Å². The third kappa shape index (κ3) is 3.90. The molecule has 128 valence electrons. The second-order valence-corrected chi connectivity index (χ2v) is 7.52. The second kappa shape index (κ2) is 7.70. The first-order valence-corrected chi connectivity index (χ1v) is 9.25. The Labute approximate surface area is 146 Å². The molecular formula is C17H23N5OS. The smallest absolute Gasteiger partial charge is 0.317 e. The van der Waals surface area contributed by atoms with Crippen LogP contribution in [0.5, 0.6) is 0 Å². The van der Waals surface area contributed by atoms with E-state index in [9.17, 15) is 4.79 Å². The minimum Gasteiger partial charge on any atom is -0.334 e. The average molecular weight is 345 g/mol. The maximum absolute atomic E-state index is 12.5. The molecule has 1 N–H and O–H groups in total. The molecule has 0 unspecified atom stereocenters. The van der Waals surface area contributed by atoms with E-state index in [0.717, 1.165) is 23.4 Å². The summed E-state index contributed by atoms with van der Waals surface area (Å²) >= 11 is 1.93. The summed E-state index contributed by atoms with van der Waals surface area (Å²) in [4.78, 5) is 18.5. The molecule has 2 atom stereocenters. The molecular weight excluding hydrogens is 322 g/mol. The molecule has 7 heteroatoms. The molecule has 0 bridgehead atoms. The van der Waals surface area contributed by atoms with Crippen molar-refractivity contribution in [2.24, 2.45) is 0 Å². The van der Waals surface area contributed by atoms with Gasteiger partial charge in [-0.15, -0.1) is 0 Å². The number of carbonyl (C=O) groups excluding carboxylic acids is 1. The van der Waals surface area contributed by atoms with E-state index in [1.807, 2.05) is 34.9 Å². The summed E-state index contributed by atoms with van der Waals surface area (Å²) in [6.07, 6.45) is 3.23. The van der Waals surface area contributed by atoms with Crippen molar-refractivity contribution in [1.29, 1.82) is 0 Å². The third-order valence-electron chi connectivity index (χ3n) is 4.49. The van der Waals surface area contributed by atoms with Crippen LogP contribution in [0, 0.1) is 0 Å². The van der Waals surface area contributed by atoms with E-state index in [4.69, 9.17) is 0 Å². The first-order valence-electron chi connectivity index (χ1n) is 8.20. The number of amides is 2. The van der Waals surface area contributed by atoms with Gasteiger partial charge in [-0.1, -0.05) is 31.2 Å². The number of hydrogen-bond donors (Lipinski definition) is 1. The minimum absolute atomic E-state index is 0.0187. The molecule has 2 amide bonds. The molecule has 1 aliphatic heterocycles. The molecule has 1 aromatic carbocycles. The summed E-state index contributed by atoms with van der Waals surface area (Å²) in [6, 6.07) is 8.38. The van der Waals surface area contributed by atoms with Gasteiger partial charge in [0, 0.05) is 30.1 Å². The van der Waals surface area contributed by atoms with Crippen LogP contribution in [-0.2, 0) is 13.1 Å². The Morgan fingerprint density at radius 2 is 2.12 bits per heavy atom. The van der Waals surface area contributed by atoms with Crippen LogP contribution >= 0.6 is 11.8 Å². The lowest BCUT2D eigenvalue weighted by atomic mass is 10.1. The number of benzene rings is 1. The molecule has 2 heterocycles. The van der Waals surface area contributed by atoms with Gasteiger partial charge in [0.1, 0.15) is 12.7 Å². The van der Waals surface area contributed by atoms with Crippen molar-refractivity contribution in [3.05, 3.63) is 48.0 Å². The fraction of sp³-hybridized carbons (Fsp3) is 0.471. The summed E-state index contributed by atoms with van der Waals surface area (Å²) in [6.45, 7) is 6.29. The van der Waals surface area contributed by atoms with Crippen molar-refractivity contribution in [3.8, 4) is 0 Å². The number of urea groups is 1. The highest BCUT2D eigenvalue weighted by atomic mass is 32.2. The van der Waals surface area contributed by atoms with Crippen LogP contribution in [0.4, 0.5) is 4.79 Å². The van der Waals surface area contributed by atoms with Crippen molar-refractivity contribution in [2.45, 2.75) is 38.2 Å². The number of thioether (sulfide) groups is 1. The standard InChI is InChI=1S/C17H23N5OS/c1-13-14(2)24-8-7-22(13)17(23)19-9-15-5-3-4-6-16(15)10-21-12-18-11-20-21/h3-6,11-14H,7-10H2,1-2H3,(H,19,23)/t13-,14+/m1/s1. The Morgan fingerprint density at radius 1 is 1.33 bits per heavy atom. The lowest BCUT2D eigenvalue weighted by Crippen LogP contribution is -2.51. The highest BCUT2D eigenvalue weighted by Gasteiger charge is 2.28. The fourth-order valence-corrected chi connectivity index (χ4v) is 3.96. The largest absolute Gasteiger partial charge is 0.334 e. The number of hydrogen-bond acceptors (Lipinski definition) is 4. The molecule has 0 spiro atoms. The van der Waals surface area contributed by atoms with E-state index in [1.54, 1.807) is 11.0 Å². The average Bonchev–Trinajstić information content (AvgIpc) is 3.09. The van der Waals surface area contributed by atoms with Gasteiger partial charge >= 0.3 is 6.03 Å². The van der Waals surface area contributed by atoms with Gasteiger partial charge in [-0.05, 0) is 18.1 Å². The molecule has 1 fully saturated rings. The van der Waals surface area contributed by atoms with E-state index >= 15 is 0 Å². The van der Waals surface area contributed by atoms with E-state index in [1.165, 1.54) is 6.33 Å². The highest BCUT2D eigenvalue weighted by Crippen LogP contribution is 2.24. The molecule has 1 aliphatic rings. The van der Waals surface area contributed by atoms with Crippen molar-refractivity contribution in [3.63, 3.8) is 0 Å². The van der Waals surface area contributed by atoms with Crippen LogP contribution < -0.4 is 5.32 Å². The van der Waals surface area contributed by atoms with Crippen molar-refractivity contribution in [2.75, 3.05) is 12.3 Å². The monoisotopic (exact) mass is 345 g/mol. The predicted octanol–water partition coefficient (Wildman–Crippen LogP) is 2.36. The number of carbonyl (C=O) groups is 1. The Bertz CT molecular complexity index is 675. The zero-order chi connectivity index (χ0) is 16.9. The highest BCUT2D eigenvalue weighted by molar-refractivity contribution is 8.00. The lowest BCUT2D eigenvalue weighted by Gasteiger charge is -2.37. The quantitative estimate of drug-likeness (QED) is 0.924. The van der Waals surface area contributed by atoms with E-state index in [0.29, 0.717) is 18.3 Å². The first-order chi connectivity index (χ1) is 11.6. The van der Waals surface area contributed by atoms with E-state index in [2.05, 4.69) is 35.3 Å². The maximum atomic E-state index is 12.5. The molecule has 1 aromatic heterocycles. The van der Waals surface area contributed by atoms with Gasteiger partial charge in [0.05, 0.1) is 6.54 Å². The van der Waals surface area contributed by atoms with Gasteiger partial charge in [-0.2, -0.15) is 16.9 Å². The molecule has 24 heavy (non-hydrogen) atoms. The summed E-state index contributed by atoms with van der Waals surface area (Å²) in [5.41, 5.74) is 2.24. The van der Waals surface area contributed by atoms with Crippen LogP contribution in [0.15, 0.2) is 36.9 Å². The molecule has 3 rings (SSSR count). The summed E-state index contributed by atoms with van der Waals surface area (Å²) in [7, 11) is 0. The number of rotatable bonds is 4. The van der Waals surface area contributed by atoms with Gasteiger partial charge in [0.2, 0.25) is 0 Å². The number of nitrogens with zero attached hydrogens (tertiary/aromatic N) is 4. The normalized spacial score (nSPS) is 20.8. The predicted molar refractivity (Wildman–Crippen MR) is 95.9 cm³/mol. The van der Waals surface area contributed by atoms with Gasteiger partial charge in [0.25, 0.3) is 0 Å². The Balaban J connectivity index is 1.63. The first kappa shape index (κ1) is 16.8. The maximum Gasteiger partial charge on any atom is 0.317 e. The molecule has 6 nitrogen and oxygen atoms in total. The zero-order valence-corrected chi connectivity index (χ0v) is 14.9. The van der Waals surface area contributed by atoms with Crippen LogP contribution in [-0.4, -0.2) is 49.3 Å². The van der Waals surface area contributed by atoms with Crippen LogP contribution in [0.25, 0.3) is 0 Å². The fourth-order valence-electron chi connectivity index (χ4n) is 2.87. The Kier molecular flexibility index (Phi) is 5.40.